The molecule has 1 atom stereocenters. The third kappa shape index (κ3) is 3.05. The van der Waals surface area contributed by atoms with Crippen LogP contribution >= 0.6 is 0 Å². The van der Waals surface area contributed by atoms with Crippen LogP contribution in [0.1, 0.15) is 64.7 Å². The van der Waals surface area contributed by atoms with Crippen LogP contribution in [0.5, 0.6) is 0 Å². The zero-order chi connectivity index (χ0) is 14.7. The van der Waals surface area contributed by atoms with Crippen LogP contribution < -0.4 is 5.73 Å². The van der Waals surface area contributed by atoms with Crippen LogP contribution in [0, 0.1) is 0 Å². The predicted octanol–water partition coefficient (Wildman–Crippen LogP) is 2.58. The second kappa shape index (κ2) is 6.55. The lowest BCUT2D eigenvalue weighted by Crippen LogP contribution is -2.56. The van der Waals surface area contributed by atoms with Crippen molar-refractivity contribution in [3.63, 3.8) is 0 Å². The van der Waals surface area contributed by atoms with Crippen LogP contribution in [0.15, 0.2) is 4.99 Å². The first-order chi connectivity index (χ1) is 10.2. The molecule has 1 spiro atoms. The molecule has 4 nitrogen and oxygen atoms in total. The van der Waals surface area contributed by atoms with E-state index in [0.717, 1.165) is 12.5 Å². The van der Waals surface area contributed by atoms with Gasteiger partial charge in [0, 0.05) is 12.6 Å². The molecule has 2 N–H and O–H groups in total. The van der Waals surface area contributed by atoms with E-state index in [1.807, 2.05) is 0 Å². The maximum atomic E-state index is 6.35. The largest absolute Gasteiger partial charge is 0.370 e. The summed E-state index contributed by atoms with van der Waals surface area (Å²) in [5.41, 5.74) is 6.59. The van der Waals surface area contributed by atoms with Gasteiger partial charge in [-0.3, -0.25) is 4.99 Å². The molecule has 0 amide bonds. The van der Waals surface area contributed by atoms with Crippen molar-refractivity contribution >= 4 is 5.96 Å². The van der Waals surface area contributed by atoms with Gasteiger partial charge in [-0.05, 0) is 45.2 Å². The van der Waals surface area contributed by atoms with Crippen molar-refractivity contribution in [2.45, 2.75) is 76.3 Å². The average molecular weight is 292 g/mol. The maximum Gasteiger partial charge on any atom is 0.192 e. The molecule has 0 bridgehead atoms. The Bertz CT molecular complexity index is 373. The summed E-state index contributed by atoms with van der Waals surface area (Å²) in [4.78, 5) is 9.87. The van der Waals surface area contributed by atoms with E-state index in [-0.39, 0.29) is 5.54 Å². The highest BCUT2D eigenvalue weighted by Crippen LogP contribution is 2.37. The Balaban J connectivity index is 1.77. The monoisotopic (exact) mass is 292 g/mol. The Labute approximate surface area is 129 Å². The van der Waals surface area contributed by atoms with Crippen molar-refractivity contribution in [1.82, 2.24) is 9.80 Å². The fourth-order valence-electron chi connectivity index (χ4n) is 4.66. The van der Waals surface area contributed by atoms with Crippen LogP contribution in [-0.4, -0.2) is 53.5 Å². The first kappa shape index (κ1) is 15.1. The summed E-state index contributed by atoms with van der Waals surface area (Å²) >= 11 is 0. The number of hydrogen-bond acceptors (Lipinski definition) is 4. The normalized spacial score (nSPS) is 33.0. The van der Waals surface area contributed by atoms with E-state index in [1.165, 1.54) is 77.4 Å². The lowest BCUT2D eigenvalue weighted by Gasteiger charge is -2.44. The average Bonchev–Trinajstić information content (AvgIpc) is 2.73. The Morgan fingerprint density at radius 1 is 1.10 bits per heavy atom. The molecular weight excluding hydrogens is 260 g/mol. The van der Waals surface area contributed by atoms with Crippen molar-refractivity contribution in [2.24, 2.45) is 10.7 Å². The van der Waals surface area contributed by atoms with Gasteiger partial charge in [-0.15, -0.1) is 0 Å². The zero-order valence-corrected chi connectivity index (χ0v) is 13.7. The number of rotatable bonds is 2. The molecule has 120 valence electrons. The molecule has 1 saturated carbocycles. The zero-order valence-electron chi connectivity index (χ0n) is 13.7. The van der Waals surface area contributed by atoms with Crippen LogP contribution in [-0.2, 0) is 0 Å². The van der Waals surface area contributed by atoms with E-state index in [0.29, 0.717) is 6.04 Å². The van der Waals surface area contributed by atoms with Gasteiger partial charge in [-0.2, -0.15) is 0 Å². The number of likely N-dealkylation sites (tertiary alicyclic amines) is 1. The number of nitrogens with two attached hydrogens (primary N) is 1. The molecule has 1 aliphatic carbocycles. The van der Waals surface area contributed by atoms with Crippen LogP contribution in [0.2, 0.25) is 0 Å². The molecule has 21 heavy (non-hydrogen) atoms. The highest BCUT2D eigenvalue weighted by atomic mass is 15.4. The lowest BCUT2D eigenvalue weighted by atomic mass is 9.87. The molecule has 0 aromatic carbocycles. The molecule has 2 fully saturated rings. The first-order valence-corrected chi connectivity index (χ1v) is 9.07. The standard InChI is InChI=1S/C17H32N4/c1-2-20-12-7-10-17(11-13-20)14-19-16(18)21(17)15-8-5-3-4-6-9-15/h15H,2-14H2,1H3,(H2,18,19). The third-order valence-electron chi connectivity index (χ3n) is 5.94. The van der Waals surface area contributed by atoms with E-state index in [1.54, 1.807) is 0 Å². The summed E-state index contributed by atoms with van der Waals surface area (Å²) in [7, 11) is 0. The van der Waals surface area contributed by atoms with E-state index >= 15 is 0 Å². The van der Waals surface area contributed by atoms with Gasteiger partial charge in [0.15, 0.2) is 5.96 Å². The van der Waals surface area contributed by atoms with Crippen molar-refractivity contribution in [3.8, 4) is 0 Å². The van der Waals surface area contributed by atoms with Crippen molar-refractivity contribution in [1.29, 1.82) is 0 Å². The lowest BCUT2D eigenvalue weighted by molar-refractivity contribution is 0.118. The molecule has 0 aromatic rings. The van der Waals surface area contributed by atoms with Gasteiger partial charge in [0.1, 0.15) is 0 Å². The minimum Gasteiger partial charge on any atom is -0.370 e. The van der Waals surface area contributed by atoms with Crippen molar-refractivity contribution < 1.29 is 0 Å². The van der Waals surface area contributed by atoms with Gasteiger partial charge < -0.3 is 15.5 Å². The van der Waals surface area contributed by atoms with Gasteiger partial charge in [-0.25, -0.2) is 0 Å². The van der Waals surface area contributed by atoms with E-state index < -0.39 is 0 Å². The highest BCUT2D eigenvalue weighted by molar-refractivity contribution is 5.81. The predicted molar refractivity (Wildman–Crippen MR) is 88.5 cm³/mol. The Morgan fingerprint density at radius 3 is 2.57 bits per heavy atom. The number of hydrogen-bond donors (Lipinski definition) is 1. The summed E-state index contributed by atoms with van der Waals surface area (Å²) in [6.07, 6.45) is 12.0. The minimum absolute atomic E-state index is 0.239. The molecule has 0 radical (unpaired) electrons. The van der Waals surface area contributed by atoms with Crippen LogP contribution in [0.25, 0.3) is 0 Å². The second-order valence-electron chi connectivity index (χ2n) is 7.20. The maximum absolute atomic E-state index is 6.35. The summed E-state index contributed by atoms with van der Waals surface area (Å²) in [5.74, 6) is 0.840. The molecular formula is C17H32N4. The van der Waals surface area contributed by atoms with Gasteiger partial charge in [0.05, 0.1) is 12.1 Å². The molecule has 2 aliphatic heterocycles. The summed E-state index contributed by atoms with van der Waals surface area (Å²) in [6, 6.07) is 0.645. The summed E-state index contributed by atoms with van der Waals surface area (Å²) in [5, 5.41) is 0. The van der Waals surface area contributed by atoms with Crippen LogP contribution in [0.4, 0.5) is 0 Å². The number of aliphatic imine (C=N–C) groups is 1. The van der Waals surface area contributed by atoms with E-state index in [4.69, 9.17) is 10.7 Å². The third-order valence-corrected chi connectivity index (χ3v) is 5.94. The van der Waals surface area contributed by atoms with Crippen molar-refractivity contribution in [3.05, 3.63) is 0 Å². The molecule has 0 aromatic heterocycles. The molecule has 4 heteroatoms. The number of nitrogens with zero attached hydrogens (tertiary/aromatic N) is 3. The fraction of sp³-hybridized carbons (Fsp3) is 0.941. The molecule has 3 aliphatic rings. The minimum atomic E-state index is 0.239. The summed E-state index contributed by atoms with van der Waals surface area (Å²) < 4.78 is 0. The van der Waals surface area contributed by atoms with Gasteiger partial charge in [-0.1, -0.05) is 32.6 Å². The van der Waals surface area contributed by atoms with E-state index in [2.05, 4.69) is 16.7 Å². The smallest absolute Gasteiger partial charge is 0.192 e. The molecule has 2 heterocycles. The highest BCUT2D eigenvalue weighted by Gasteiger charge is 2.45. The molecule has 1 unspecified atom stereocenters. The van der Waals surface area contributed by atoms with Gasteiger partial charge >= 0.3 is 0 Å². The van der Waals surface area contributed by atoms with Crippen LogP contribution in [0.3, 0.4) is 0 Å². The van der Waals surface area contributed by atoms with Gasteiger partial charge in [0.25, 0.3) is 0 Å². The molecule has 3 rings (SSSR count). The second-order valence-corrected chi connectivity index (χ2v) is 7.20. The van der Waals surface area contributed by atoms with Crippen molar-refractivity contribution in [2.75, 3.05) is 26.2 Å². The van der Waals surface area contributed by atoms with Gasteiger partial charge in [0.2, 0.25) is 0 Å². The topological polar surface area (TPSA) is 44.9 Å². The Morgan fingerprint density at radius 2 is 1.86 bits per heavy atom. The number of guanidine groups is 1. The quantitative estimate of drug-likeness (QED) is 0.796. The summed E-state index contributed by atoms with van der Waals surface area (Å²) in [6.45, 7) is 6.85. The fourth-order valence-corrected chi connectivity index (χ4v) is 4.66. The first-order valence-electron chi connectivity index (χ1n) is 9.07. The Kier molecular flexibility index (Phi) is 4.72. The SMILES string of the molecule is CCN1CCCC2(CC1)CN=C(N)N2C1CCCCCC1. The molecule has 1 saturated heterocycles. The Hall–Kier alpha value is -0.770. The van der Waals surface area contributed by atoms with E-state index in [9.17, 15) is 0 Å².